The van der Waals surface area contributed by atoms with Gasteiger partial charge >= 0.3 is 0 Å². The third-order valence-corrected chi connectivity index (χ3v) is 8.80. The van der Waals surface area contributed by atoms with Crippen LogP contribution in [0.2, 0.25) is 0 Å². The molecule has 0 aromatic heterocycles. The fraction of sp³-hybridized carbons (Fsp3) is 0.345. The molecule has 4 rings (SSSR count). The number of hydrogen-bond donors (Lipinski definition) is 2. The third kappa shape index (κ3) is 6.77. The van der Waals surface area contributed by atoms with Gasteiger partial charge in [-0.2, -0.15) is 17.0 Å². The van der Waals surface area contributed by atoms with E-state index in [1.165, 1.54) is 8.61 Å². The van der Waals surface area contributed by atoms with E-state index in [2.05, 4.69) is 0 Å². The highest BCUT2D eigenvalue weighted by Crippen LogP contribution is 2.32. The minimum Gasteiger partial charge on any atom is -0.497 e. The number of carbonyl (C=O) groups is 1. The van der Waals surface area contributed by atoms with Crippen molar-refractivity contribution in [1.82, 2.24) is 14.1 Å². The van der Waals surface area contributed by atoms with Gasteiger partial charge < -0.3 is 9.47 Å². The van der Waals surface area contributed by atoms with Gasteiger partial charge in [-0.3, -0.25) is 10.0 Å². The first-order valence-electron chi connectivity index (χ1n) is 12.8. The van der Waals surface area contributed by atoms with Gasteiger partial charge in [0.2, 0.25) is 0 Å². The Morgan fingerprint density at radius 3 is 2.15 bits per heavy atom. The average Bonchev–Trinajstić information content (AvgIpc) is 3.17. The molecule has 2 N–H and O–H groups in total. The van der Waals surface area contributed by atoms with Gasteiger partial charge in [0.05, 0.1) is 7.11 Å². The minimum absolute atomic E-state index is 0.141. The van der Waals surface area contributed by atoms with Crippen LogP contribution in [-0.4, -0.2) is 53.9 Å². The monoisotopic (exact) mass is 553 g/mol. The van der Waals surface area contributed by atoms with Gasteiger partial charge in [0.1, 0.15) is 24.1 Å². The number of nitrogens with zero attached hydrogens (tertiary/aromatic N) is 2. The molecule has 0 aliphatic carbocycles. The second-order valence-corrected chi connectivity index (χ2v) is 11.8. The van der Waals surface area contributed by atoms with Crippen LogP contribution in [0.15, 0.2) is 78.9 Å². The first-order chi connectivity index (χ1) is 18.7. The van der Waals surface area contributed by atoms with Crippen molar-refractivity contribution >= 4 is 16.1 Å². The van der Waals surface area contributed by atoms with Crippen LogP contribution in [0, 0.1) is 5.92 Å². The Hall–Kier alpha value is -3.44. The second kappa shape index (κ2) is 12.6. The predicted molar refractivity (Wildman–Crippen MR) is 147 cm³/mol. The first-order valence-corrected chi connectivity index (χ1v) is 14.2. The number of methoxy groups -OCH3 is 1. The summed E-state index contributed by atoms with van der Waals surface area (Å²) in [5.41, 5.74) is 4.42. The van der Waals surface area contributed by atoms with E-state index in [1.54, 1.807) is 26.4 Å². The van der Waals surface area contributed by atoms with E-state index in [0.717, 1.165) is 16.7 Å². The molecule has 39 heavy (non-hydrogen) atoms. The van der Waals surface area contributed by atoms with E-state index in [9.17, 15) is 18.4 Å². The summed E-state index contributed by atoms with van der Waals surface area (Å²) in [6.45, 7) is 4.30. The molecule has 3 aromatic carbocycles. The van der Waals surface area contributed by atoms with Gasteiger partial charge in [0, 0.05) is 19.1 Å². The van der Waals surface area contributed by atoms with Crippen LogP contribution in [0.4, 0.5) is 0 Å². The SMILES string of the molecule is COc1ccc(CC2CN(Cc3ccc(OCc4ccccc4)cc3)S(=O)(=O)N2C(C(=O)NO)C(C)C)cc1. The quantitative estimate of drug-likeness (QED) is 0.276. The van der Waals surface area contributed by atoms with Gasteiger partial charge in [0.25, 0.3) is 16.1 Å². The Kier molecular flexibility index (Phi) is 9.24. The van der Waals surface area contributed by atoms with E-state index < -0.39 is 28.2 Å². The molecule has 208 valence electrons. The molecule has 1 amide bonds. The van der Waals surface area contributed by atoms with Crippen molar-refractivity contribution in [2.75, 3.05) is 13.7 Å². The van der Waals surface area contributed by atoms with Crippen LogP contribution in [0.3, 0.4) is 0 Å². The Labute approximate surface area is 230 Å². The van der Waals surface area contributed by atoms with Crippen molar-refractivity contribution < 1.29 is 27.9 Å². The number of rotatable bonds is 11. The maximum absolute atomic E-state index is 13.8. The highest BCUT2D eigenvalue weighted by molar-refractivity contribution is 7.87. The van der Waals surface area contributed by atoms with Crippen molar-refractivity contribution in [3.8, 4) is 11.5 Å². The highest BCUT2D eigenvalue weighted by Gasteiger charge is 2.50. The zero-order chi connectivity index (χ0) is 28.0. The minimum atomic E-state index is -4.03. The normalized spacial score (nSPS) is 18.1. The molecule has 3 aromatic rings. The predicted octanol–water partition coefficient (Wildman–Crippen LogP) is 3.78. The van der Waals surface area contributed by atoms with Crippen LogP contribution in [0.5, 0.6) is 11.5 Å². The lowest BCUT2D eigenvalue weighted by Crippen LogP contribution is -2.54. The number of hydroxylamine groups is 1. The molecule has 1 saturated heterocycles. The summed E-state index contributed by atoms with van der Waals surface area (Å²) in [5, 5.41) is 9.40. The first kappa shape index (κ1) is 28.6. The van der Waals surface area contributed by atoms with Gasteiger partial charge in [-0.05, 0) is 53.3 Å². The Morgan fingerprint density at radius 1 is 0.949 bits per heavy atom. The van der Waals surface area contributed by atoms with E-state index in [0.29, 0.717) is 24.5 Å². The van der Waals surface area contributed by atoms with Crippen LogP contribution in [-0.2, 0) is 34.6 Å². The molecule has 0 bridgehead atoms. The van der Waals surface area contributed by atoms with Crippen molar-refractivity contribution in [2.45, 2.75) is 45.5 Å². The van der Waals surface area contributed by atoms with E-state index in [1.807, 2.05) is 78.9 Å². The Balaban J connectivity index is 1.54. The molecule has 1 heterocycles. The maximum atomic E-state index is 13.8. The molecule has 2 atom stereocenters. The summed E-state index contributed by atoms with van der Waals surface area (Å²) in [5.74, 6) is 0.263. The van der Waals surface area contributed by atoms with Crippen LogP contribution in [0.25, 0.3) is 0 Å². The maximum Gasteiger partial charge on any atom is 0.283 e. The lowest BCUT2D eigenvalue weighted by atomic mass is 9.99. The van der Waals surface area contributed by atoms with Crippen molar-refractivity contribution in [3.63, 3.8) is 0 Å². The number of hydrogen-bond acceptors (Lipinski definition) is 6. The molecule has 1 aliphatic rings. The van der Waals surface area contributed by atoms with Gasteiger partial charge in [-0.15, -0.1) is 0 Å². The van der Waals surface area contributed by atoms with Gasteiger partial charge in [-0.25, -0.2) is 5.48 Å². The van der Waals surface area contributed by atoms with Crippen molar-refractivity contribution in [2.24, 2.45) is 5.92 Å². The topological polar surface area (TPSA) is 108 Å². The average molecular weight is 554 g/mol. The fourth-order valence-corrected chi connectivity index (χ4v) is 6.93. The molecule has 9 nitrogen and oxygen atoms in total. The number of carbonyl (C=O) groups excluding carboxylic acids is 1. The zero-order valence-corrected chi connectivity index (χ0v) is 23.2. The molecule has 0 saturated carbocycles. The molecular weight excluding hydrogens is 518 g/mol. The lowest BCUT2D eigenvalue weighted by molar-refractivity contribution is -0.135. The number of benzene rings is 3. The smallest absolute Gasteiger partial charge is 0.283 e. The summed E-state index contributed by atoms with van der Waals surface area (Å²) in [6, 6.07) is 23.0. The zero-order valence-electron chi connectivity index (χ0n) is 22.4. The third-order valence-electron chi connectivity index (χ3n) is 6.81. The Morgan fingerprint density at radius 2 is 1.56 bits per heavy atom. The molecule has 1 fully saturated rings. The van der Waals surface area contributed by atoms with Crippen LogP contribution >= 0.6 is 0 Å². The van der Waals surface area contributed by atoms with Crippen LogP contribution in [0.1, 0.15) is 30.5 Å². The fourth-order valence-electron chi connectivity index (χ4n) is 4.85. The lowest BCUT2D eigenvalue weighted by Gasteiger charge is -2.32. The summed E-state index contributed by atoms with van der Waals surface area (Å²) in [4.78, 5) is 12.7. The molecule has 0 spiro atoms. The number of amides is 1. The molecule has 1 aliphatic heterocycles. The molecule has 0 radical (unpaired) electrons. The molecule has 10 heteroatoms. The second-order valence-electron chi connectivity index (χ2n) is 9.92. The number of ether oxygens (including phenoxy) is 2. The van der Waals surface area contributed by atoms with E-state index >= 15 is 0 Å². The van der Waals surface area contributed by atoms with Crippen molar-refractivity contribution in [3.05, 3.63) is 95.6 Å². The molecule has 2 unspecified atom stereocenters. The van der Waals surface area contributed by atoms with Crippen molar-refractivity contribution in [1.29, 1.82) is 0 Å². The largest absolute Gasteiger partial charge is 0.497 e. The van der Waals surface area contributed by atoms with Gasteiger partial charge in [0.15, 0.2) is 0 Å². The summed E-state index contributed by atoms with van der Waals surface area (Å²) >= 11 is 0. The number of nitrogens with one attached hydrogen (secondary N) is 1. The van der Waals surface area contributed by atoms with E-state index in [-0.39, 0.29) is 19.0 Å². The van der Waals surface area contributed by atoms with E-state index in [4.69, 9.17) is 9.47 Å². The standard InChI is InChI=1S/C29H35N3O6S/c1-21(2)28(29(33)30-34)32-25(17-22-9-13-26(37-3)14-10-22)19-31(39(32,35)36)18-23-11-15-27(16-12-23)38-20-24-7-5-4-6-8-24/h4-16,21,25,28,34H,17-20H2,1-3H3,(H,30,33). The highest BCUT2D eigenvalue weighted by atomic mass is 32.2. The molecular formula is C29H35N3O6S. The Bertz CT molecular complexity index is 1330. The summed E-state index contributed by atoms with van der Waals surface area (Å²) in [7, 11) is -2.44. The summed E-state index contributed by atoms with van der Waals surface area (Å²) in [6.07, 6.45) is 0.397. The van der Waals surface area contributed by atoms with Gasteiger partial charge in [-0.1, -0.05) is 68.4 Å². The van der Waals surface area contributed by atoms with Crippen LogP contribution < -0.4 is 15.0 Å². The summed E-state index contributed by atoms with van der Waals surface area (Å²) < 4.78 is 41.4.